The molecule has 72 valence electrons. The number of likely N-dealkylation sites (N-methyl/N-ethyl adjacent to an activating group) is 1. The first-order valence-corrected chi connectivity index (χ1v) is 3.91. The van der Waals surface area contributed by atoms with E-state index in [9.17, 15) is 10.1 Å². The van der Waals surface area contributed by atoms with Gasteiger partial charge in [-0.05, 0) is 6.92 Å². The van der Waals surface area contributed by atoms with Gasteiger partial charge in [-0.2, -0.15) is 0 Å². The largest absolute Gasteiger partial charge is 0.478 e. The first kappa shape index (κ1) is 9.57. The number of rotatable bonds is 2. The van der Waals surface area contributed by atoms with Crippen LogP contribution in [-0.2, 0) is 4.74 Å². The SMILES string of the molecule is COC1=C([N+](=O)[O-])C=CC(C)N1C. The number of nitro groups is 1. The molecule has 0 aromatic heterocycles. The van der Waals surface area contributed by atoms with Crippen LogP contribution in [-0.4, -0.2) is 30.0 Å². The molecule has 1 aliphatic heterocycles. The van der Waals surface area contributed by atoms with Crippen molar-refractivity contribution in [3.63, 3.8) is 0 Å². The van der Waals surface area contributed by atoms with Gasteiger partial charge < -0.3 is 9.64 Å². The monoisotopic (exact) mass is 184 g/mol. The van der Waals surface area contributed by atoms with E-state index in [1.165, 1.54) is 13.2 Å². The van der Waals surface area contributed by atoms with Gasteiger partial charge in [0.05, 0.1) is 12.0 Å². The van der Waals surface area contributed by atoms with E-state index in [1.807, 2.05) is 6.92 Å². The molecule has 0 saturated heterocycles. The number of nitrogens with zero attached hydrogens (tertiary/aromatic N) is 2. The van der Waals surface area contributed by atoms with Crippen LogP contribution in [0.25, 0.3) is 0 Å². The first-order valence-electron chi connectivity index (χ1n) is 3.91. The van der Waals surface area contributed by atoms with Crippen molar-refractivity contribution >= 4 is 0 Å². The molecule has 1 atom stereocenters. The second-order valence-electron chi connectivity index (χ2n) is 2.86. The van der Waals surface area contributed by atoms with Gasteiger partial charge in [-0.3, -0.25) is 10.1 Å². The van der Waals surface area contributed by atoms with Crippen molar-refractivity contribution in [2.45, 2.75) is 13.0 Å². The van der Waals surface area contributed by atoms with Crippen LogP contribution in [0.3, 0.4) is 0 Å². The summed E-state index contributed by atoms with van der Waals surface area (Å²) < 4.78 is 4.96. The van der Waals surface area contributed by atoms with E-state index in [4.69, 9.17) is 4.74 Å². The highest BCUT2D eigenvalue weighted by molar-refractivity contribution is 5.21. The van der Waals surface area contributed by atoms with Crippen molar-refractivity contribution < 1.29 is 9.66 Å². The van der Waals surface area contributed by atoms with Gasteiger partial charge in [0.2, 0.25) is 0 Å². The maximum Gasteiger partial charge on any atom is 0.328 e. The number of hydrogen-bond donors (Lipinski definition) is 0. The molecule has 0 N–H and O–H groups in total. The van der Waals surface area contributed by atoms with Crippen molar-refractivity contribution in [1.82, 2.24) is 4.90 Å². The predicted molar refractivity (Wildman–Crippen MR) is 47.4 cm³/mol. The summed E-state index contributed by atoms with van der Waals surface area (Å²) >= 11 is 0. The molecular formula is C8H12N2O3. The highest BCUT2D eigenvalue weighted by Crippen LogP contribution is 2.20. The molecule has 0 radical (unpaired) electrons. The Morgan fingerprint density at radius 1 is 1.69 bits per heavy atom. The van der Waals surface area contributed by atoms with Gasteiger partial charge in [0.15, 0.2) is 0 Å². The Morgan fingerprint density at radius 2 is 2.31 bits per heavy atom. The van der Waals surface area contributed by atoms with E-state index in [-0.39, 0.29) is 11.7 Å². The predicted octanol–water partition coefficient (Wildman–Crippen LogP) is 0.969. The lowest BCUT2D eigenvalue weighted by molar-refractivity contribution is -0.424. The molecule has 1 unspecified atom stereocenters. The lowest BCUT2D eigenvalue weighted by Gasteiger charge is -2.27. The van der Waals surface area contributed by atoms with Crippen LogP contribution in [0.1, 0.15) is 6.92 Å². The molecule has 1 rings (SSSR count). The van der Waals surface area contributed by atoms with Gasteiger partial charge in [-0.15, -0.1) is 0 Å². The van der Waals surface area contributed by atoms with Crippen LogP contribution < -0.4 is 0 Å². The summed E-state index contributed by atoms with van der Waals surface area (Å²) in [5.74, 6) is 0.306. The lowest BCUT2D eigenvalue weighted by Crippen LogP contribution is -2.32. The summed E-state index contributed by atoms with van der Waals surface area (Å²) in [6.07, 6.45) is 3.24. The van der Waals surface area contributed by atoms with Gasteiger partial charge in [-0.25, -0.2) is 0 Å². The average Bonchev–Trinajstić information content (AvgIpc) is 2.09. The Labute approximate surface area is 76.4 Å². The number of hydrogen-bond acceptors (Lipinski definition) is 4. The molecular weight excluding hydrogens is 172 g/mol. The third-order valence-electron chi connectivity index (χ3n) is 2.07. The molecule has 5 heteroatoms. The van der Waals surface area contributed by atoms with Crippen LogP contribution in [0.5, 0.6) is 0 Å². The summed E-state index contributed by atoms with van der Waals surface area (Å²) in [6.45, 7) is 1.94. The molecule has 0 bridgehead atoms. The molecule has 5 nitrogen and oxygen atoms in total. The van der Waals surface area contributed by atoms with Gasteiger partial charge >= 0.3 is 5.70 Å². The van der Waals surface area contributed by atoms with E-state index in [1.54, 1.807) is 18.0 Å². The summed E-state index contributed by atoms with van der Waals surface area (Å²) in [5.41, 5.74) is 0.00287. The minimum absolute atomic E-state index is 0.00287. The summed E-state index contributed by atoms with van der Waals surface area (Å²) in [7, 11) is 3.19. The Bertz CT molecular complexity index is 283. The van der Waals surface area contributed by atoms with Crippen LogP contribution in [0.15, 0.2) is 23.7 Å². The van der Waals surface area contributed by atoms with Crippen molar-refractivity contribution in [2.24, 2.45) is 0 Å². The van der Waals surface area contributed by atoms with Gasteiger partial charge in [0, 0.05) is 19.2 Å². The number of allylic oxidation sites excluding steroid dienone is 1. The molecule has 0 spiro atoms. The summed E-state index contributed by atoms with van der Waals surface area (Å²) in [5, 5.41) is 10.6. The van der Waals surface area contributed by atoms with E-state index < -0.39 is 4.92 Å². The molecule has 13 heavy (non-hydrogen) atoms. The molecule has 0 amide bonds. The van der Waals surface area contributed by atoms with Crippen LogP contribution >= 0.6 is 0 Å². The van der Waals surface area contributed by atoms with Crippen LogP contribution in [0, 0.1) is 10.1 Å². The van der Waals surface area contributed by atoms with Crippen molar-refractivity contribution in [1.29, 1.82) is 0 Å². The van der Waals surface area contributed by atoms with Crippen LogP contribution in [0.2, 0.25) is 0 Å². The Hall–Kier alpha value is -1.52. The average molecular weight is 184 g/mol. The smallest absolute Gasteiger partial charge is 0.328 e. The molecule has 0 aliphatic carbocycles. The van der Waals surface area contributed by atoms with Crippen LogP contribution in [0.4, 0.5) is 0 Å². The quantitative estimate of drug-likeness (QED) is 0.474. The number of ether oxygens (including phenoxy) is 1. The standard InChI is InChI=1S/C8H12N2O3/c1-6-4-5-7(10(11)12)8(13-3)9(6)2/h4-6H,1-3H3. The Kier molecular flexibility index (Phi) is 2.55. The van der Waals surface area contributed by atoms with E-state index in [0.29, 0.717) is 5.88 Å². The fraction of sp³-hybridized carbons (Fsp3) is 0.500. The topological polar surface area (TPSA) is 55.6 Å². The third-order valence-corrected chi connectivity index (χ3v) is 2.07. The normalized spacial score (nSPS) is 22.1. The van der Waals surface area contributed by atoms with Crippen molar-refractivity contribution in [3.8, 4) is 0 Å². The van der Waals surface area contributed by atoms with Gasteiger partial charge in [0.1, 0.15) is 0 Å². The zero-order valence-corrected chi connectivity index (χ0v) is 7.85. The minimum atomic E-state index is -0.447. The zero-order chi connectivity index (χ0) is 10.0. The maximum atomic E-state index is 10.6. The molecule has 0 saturated carbocycles. The van der Waals surface area contributed by atoms with Crippen molar-refractivity contribution in [3.05, 3.63) is 33.8 Å². The van der Waals surface area contributed by atoms with E-state index >= 15 is 0 Å². The maximum absolute atomic E-state index is 10.6. The van der Waals surface area contributed by atoms with E-state index in [0.717, 1.165) is 0 Å². The summed E-state index contributed by atoms with van der Waals surface area (Å²) in [6, 6.07) is 0.124. The molecule has 0 aromatic rings. The molecule has 1 aliphatic rings. The summed E-state index contributed by atoms with van der Waals surface area (Å²) in [4.78, 5) is 11.8. The van der Waals surface area contributed by atoms with Gasteiger partial charge in [-0.1, -0.05) is 6.08 Å². The Balaban J connectivity index is 3.07. The fourth-order valence-corrected chi connectivity index (χ4v) is 1.18. The van der Waals surface area contributed by atoms with E-state index in [2.05, 4.69) is 0 Å². The molecule has 1 heterocycles. The van der Waals surface area contributed by atoms with Gasteiger partial charge in [0.25, 0.3) is 5.88 Å². The fourth-order valence-electron chi connectivity index (χ4n) is 1.18. The molecule has 0 fully saturated rings. The van der Waals surface area contributed by atoms with Crippen molar-refractivity contribution in [2.75, 3.05) is 14.2 Å². The molecule has 0 aromatic carbocycles. The Morgan fingerprint density at radius 3 is 2.77 bits per heavy atom. The second-order valence-corrected chi connectivity index (χ2v) is 2.86. The second kappa shape index (κ2) is 3.47. The number of methoxy groups -OCH3 is 1. The zero-order valence-electron chi connectivity index (χ0n) is 7.85. The highest BCUT2D eigenvalue weighted by Gasteiger charge is 2.26. The first-order chi connectivity index (χ1) is 6.07. The highest BCUT2D eigenvalue weighted by atomic mass is 16.6. The minimum Gasteiger partial charge on any atom is -0.478 e. The third kappa shape index (κ3) is 1.63. The lowest BCUT2D eigenvalue weighted by atomic mass is 10.2.